The van der Waals surface area contributed by atoms with Gasteiger partial charge in [-0.2, -0.15) is 4.98 Å². The summed E-state index contributed by atoms with van der Waals surface area (Å²) in [5.74, 6) is 0.0438. The number of nitrogens with zero attached hydrogens (tertiary/aromatic N) is 3. The third-order valence-corrected chi connectivity index (χ3v) is 2.74. The van der Waals surface area contributed by atoms with Crippen LogP contribution in [-0.2, 0) is 0 Å². The van der Waals surface area contributed by atoms with Crippen molar-refractivity contribution in [3.63, 3.8) is 0 Å². The molecule has 2 aromatic rings. The lowest BCUT2D eigenvalue weighted by molar-refractivity contribution is 0.141. The molecule has 0 aliphatic rings. The third-order valence-electron chi connectivity index (χ3n) is 2.74. The maximum atomic E-state index is 12.7. The highest BCUT2D eigenvalue weighted by Gasteiger charge is 2.22. The number of aliphatic hydroxyl groups is 1. The number of hydrogen-bond donors (Lipinski definition) is 1. The van der Waals surface area contributed by atoms with Gasteiger partial charge in [0, 0.05) is 0 Å². The zero-order chi connectivity index (χ0) is 13.1. The number of pyridine rings is 1. The normalized spacial score (nSPS) is 14.4. The first kappa shape index (κ1) is 12.6. The summed E-state index contributed by atoms with van der Waals surface area (Å²) in [6.45, 7) is 3.60. The quantitative estimate of drug-likeness (QED) is 0.901. The van der Waals surface area contributed by atoms with E-state index in [0.717, 1.165) is 6.20 Å². The van der Waals surface area contributed by atoms with Crippen molar-refractivity contribution in [2.75, 3.05) is 0 Å². The van der Waals surface area contributed by atoms with E-state index in [1.165, 1.54) is 12.1 Å². The van der Waals surface area contributed by atoms with Crippen molar-refractivity contribution in [3.8, 4) is 11.5 Å². The number of hydrogen-bond acceptors (Lipinski definition) is 5. The Balaban J connectivity index is 2.27. The average Bonchev–Trinajstić information content (AvgIpc) is 2.80. The van der Waals surface area contributed by atoms with Gasteiger partial charge in [-0.3, -0.25) is 0 Å². The van der Waals surface area contributed by atoms with Crippen LogP contribution in [0.4, 0.5) is 4.39 Å². The van der Waals surface area contributed by atoms with Crippen LogP contribution in [-0.4, -0.2) is 26.3 Å². The molecule has 0 fully saturated rings. The van der Waals surface area contributed by atoms with Gasteiger partial charge >= 0.3 is 0 Å². The second kappa shape index (κ2) is 5.22. The molecule has 2 heterocycles. The van der Waals surface area contributed by atoms with Crippen molar-refractivity contribution >= 4 is 0 Å². The topological polar surface area (TPSA) is 72.0 Å². The fraction of sp³-hybridized carbons (Fsp3) is 0.417. The van der Waals surface area contributed by atoms with Crippen LogP contribution < -0.4 is 0 Å². The van der Waals surface area contributed by atoms with E-state index >= 15 is 0 Å². The first-order valence-electron chi connectivity index (χ1n) is 5.75. The van der Waals surface area contributed by atoms with Crippen LogP contribution in [0.5, 0.6) is 0 Å². The molecule has 2 rings (SSSR count). The molecule has 6 heteroatoms. The second-order valence-corrected chi connectivity index (χ2v) is 4.07. The van der Waals surface area contributed by atoms with E-state index < -0.39 is 11.9 Å². The summed E-state index contributed by atoms with van der Waals surface area (Å²) >= 11 is 0. The van der Waals surface area contributed by atoms with E-state index in [4.69, 9.17) is 4.52 Å². The van der Waals surface area contributed by atoms with Crippen molar-refractivity contribution in [1.82, 2.24) is 15.1 Å². The minimum absolute atomic E-state index is 0.202. The molecule has 2 aromatic heterocycles. The van der Waals surface area contributed by atoms with E-state index in [1.54, 1.807) is 6.92 Å². The molecule has 0 aromatic carbocycles. The van der Waals surface area contributed by atoms with Crippen LogP contribution in [0.15, 0.2) is 22.9 Å². The number of aliphatic hydroxyl groups excluding tert-OH is 1. The molecule has 18 heavy (non-hydrogen) atoms. The van der Waals surface area contributed by atoms with Gasteiger partial charge in [0.25, 0.3) is 0 Å². The molecule has 0 aliphatic carbocycles. The predicted octanol–water partition coefficient (Wildman–Crippen LogP) is 2.15. The Labute approximate surface area is 104 Å². The van der Waals surface area contributed by atoms with Gasteiger partial charge in [0.05, 0.1) is 18.2 Å². The molecule has 1 N–H and O–H groups in total. The van der Waals surface area contributed by atoms with Crippen molar-refractivity contribution < 1.29 is 14.0 Å². The lowest BCUT2D eigenvalue weighted by atomic mass is 10.0. The van der Waals surface area contributed by atoms with Gasteiger partial charge in [-0.25, -0.2) is 9.37 Å². The predicted molar refractivity (Wildman–Crippen MR) is 62.2 cm³/mol. The molecule has 0 spiro atoms. The second-order valence-electron chi connectivity index (χ2n) is 4.07. The van der Waals surface area contributed by atoms with Gasteiger partial charge in [-0.1, -0.05) is 12.1 Å². The Morgan fingerprint density at radius 1 is 1.44 bits per heavy atom. The highest BCUT2D eigenvalue weighted by atomic mass is 19.1. The summed E-state index contributed by atoms with van der Waals surface area (Å²) in [6.07, 6.45) is 1.22. The first-order valence-corrected chi connectivity index (χ1v) is 5.75. The van der Waals surface area contributed by atoms with Crippen molar-refractivity contribution in [2.45, 2.75) is 32.3 Å². The van der Waals surface area contributed by atoms with E-state index in [9.17, 15) is 9.50 Å². The van der Waals surface area contributed by atoms with Gasteiger partial charge in [0.1, 0.15) is 11.5 Å². The molecule has 2 atom stereocenters. The molecule has 0 saturated carbocycles. The van der Waals surface area contributed by atoms with Crippen LogP contribution in [0.2, 0.25) is 0 Å². The number of rotatable bonds is 4. The summed E-state index contributed by atoms with van der Waals surface area (Å²) in [5.41, 5.74) is 0.437. The summed E-state index contributed by atoms with van der Waals surface area (Å²) in [6, 6.07) is 2.76. The number of aromatic nitrogens is 3. The van der Waals surface area contributed by atoms with Gasteiger partial charge in [0.2, 0.25) is 11.7 Å². The lowest BCUT2D eigenvalue weighted by Crippen LogP contribution is -2.14. The Kier molecular flexibility index (Phi) is 3.66. The SMILES string of the molecule is CCC(c1nc(-c2ccc(F)cn2)no1)C(C)O. The monoisotopic (exact) mass is 251 g/mol. The smallest absolute Gasteiger partial charge is 0.232 e. The minimum Gasteiger partial charge on any atom is -0.393 e. The summed E-state index contributed by atoms with van der Waals surface area (Å²) in [5, 5.41) is 13.4. The highest BCUT2D eigenvalue weighted by Crippen LogP contribution is 2.23. The van der Waals surface area contributed by atoms with Crippen LogP contribution in [0.1, 0.15) is 32.1 Å². The molecule has 2 unspecified atom stereocenters. The van der Waals surface area contributed by atoms with E-state index in [-0.39, 0.29) is 5.92 Å². The molecule has 0 radical (unpaired) electrons. The molecular weight excluding hydrogens is 237 g/mol. The molecular formula is C12H14FN3O2. The molecule has 0 saturated heterocycles. The Bertz CT molecular complexity index is 510. The third kappa shape index (κ3) is 2.53. The maximum absolute atomic E-state index is 12.7. The maximum Gasteiger partial charge on any atom is 0.232 e. The molecule has 5 nitrogen and oxygen atoms in total. The fourth-order valence-corrected chi connectivity index (χ4v) is 1.72. The summed E-state index contributed by atoms with van der Waals surface area (Å²) in [7, 11) is 0. The summed E-state index contributed by atoms with van der Waals surface area (Å²) < 4.78 is 17.8. The van der Waals surface area contributed by atoms with Gasteiger partial charge in [0.15, 0.2) is 0 Å². The Hall–Kier alpha value is -1.82. The average molecular weight is 251 g/mol. The van der Waals surface area contributed by atoms with E-state index in [1.807, 2.05) is 6.92 Å². The number of halogens is 1. The molecule has 0 aliphatic heterocycles. The van der Waals surface area contributed by atoms with Crippen molar-refractivity contribution in [3.05, 3.63) is 30.0 Å². The Morgan fingerprint density at radius 3 is 2.78 bits per heavy atom. The summed E-state index contributed by atoms with van der Waals surface area (Å²) in [4.78, 5) is 8.05. The largest absolute Gasteiger partial charge is 0.393 e. The standard InChI is InChI=1S/C12H14FN3O2/c1-3-9(7(2)17)12-15-11(16-18-12)10-5-4-8(13)6-14-10/h4-7,9,17H,3H2,1-2H3. The molecule has 0 amide bonds. The van der Waals surface area contributed by atoms with Crippen LogP contribution in [0.25, 0.3) is 11.5 Å². The van der Waals surface area contributed by atoms with Crippen LogP contribution in [0.3, 0.4) is 0 Å². The fourth-order valence-electron chi connectivity index (χ4n) is 1.72. The first-order chi connectivity index (χ1) is 8.61. The van der Waals surface area contributed by atoms with Crippen molar-refractivity contribution in [1.29, 1.82) is 0 Å². The van der Waals surface area contributed by atoms with E-state index in [2.05, 4.69) is 15.1 Å². The molecule has 0 bridgehead atoms. The van der Waals surface area contributed by atoms with Gasteiger partial charge in [-0.15, -0.1) is 0 Å². The zero-order valence-electron chi connectivity index (χ0n) is 10.2. The zero-order valence-corrected chi connectivity index (χ0v) is 10.2. The van der Waals surface area contributed by atoms with Gasteiger partial charge in [-0.05, 0) is 25.5 Å². The van der Waals surface area contributed by atoms with Crippen LogP contribution >= 0.6 is 0 Å². The minimum atomic E-state index is -0.565. The Morgan fingerprint density at radius 2 is 2.22 bits per heavy atom. The van der Waals surface area contributed by atoms with Crippen molar-refractivity contribution in [2.24, 2.45) is 0 Å². The lowest BCUT2D eigenvalue weighted by Gasteiger charge is -2.12. The molecule has 96 valence electrons. The van der Waals surface area contributed by atoms with Crippen LogP contribution in [0, 0.1) is 5.82 Å². The van der Waals surface area contributed by atoms with Gasteiger partial charge < -0.3 is 9.63 Å². The van der Waals surface area contributed by atoms with E-state index in [0.29, 0.717) is 23.8 Å². The highest BCUT2D eigenvalue weighted by molar-refractivity contribution is 5.47.